The second-order valence-electron chi connectivity index (χ2n) is 0.692. The second-order valence-corrected chi connectivity index (χ2v) is 8.94. The van der Waals surface area contributed by atoms with Gasteiger partial charge in [-0.25, -0.2) is 0 Å². The molecule has 0 aromatic carbocycles. The van der Waals surface area contributed by atoms with E-state index in [-0.39, 0.29) is 0 Å². The zero-order chi connectivity index (χ0) is 7.82. The minimum absolute atomic E-state index is 1.52. The van der Waals surface area contributed by atoms with Crippen LogP contribution in [0.25, 0.3) is 0 Å². The summed E-state index contributed by atoms with van der Waals surface area (Å²) in [7, 11) is 0. The van der Waals surface area contributed by atoms with Crippen molar-refractivity contribution in [2.45, 2.75) is 0 Å². The van der Waals surface area contributed by atoms with E-state index in [1.165, 1.54) is 0 Å². The van der Waals surface area contributed by atoms with Gasteiger partial charge in [-0.2, -0.15) is 0 Å². The molecule has 0 fully saturated rings. The third kappa shape index (κ3) is 6.24. The van der Waals surface area contributed by atoms with Gasteiger partial charge in [0, 0.05) is 0 Å². The van der Waals surface area contributed by atoms with E-state index in [1.807, 2.05) is 0 Å². The van der Waals surface area contributed by atoms with Gasteiger partial charge in [0.05, 0.1) is 0 Å². The van der Waals surface area contributed by atoms with Crippen LogP contribution in [0.1, 0.15) is 0 Å². The molecule has 0 aliphatic heterocycles. The van der Waals surface area contributed by atoms with Crippen LogP contribution in [0.5, 0.6) is 0 Å². The first kappa shape index (κ1) is 11.5. The van der Waals surface area contributed by atoms with Crippen molar-refractivity contribution in [1.29, 1.82) is 0 Å². The van der Waals surface area contributed by atoms with Gasteiger partial charge >= 0.3 is 83.1 Å². The first-order valence-corrected chi connectivity index (χ1v) is 8.54. The molecule has 0 rings (SSSR count). The van der Waals surface area contributed by atoms with Gasteiger partial charge in [-0.05, 0) is 0 Å². The van der Waals surface area contributed by atoms with Crippen molar-refractivity contribution >= 4 is 63.8 Å². The first-order valence-electron chi connectivity index (χ1n) is 1.64. The molecule has 0 spiro atoms. The Labute approximate surface area is 82.5 Å². The molecular formula is As4O6. The molecule has 0 amide bonds. The summed E-state index contributed by atoms with van der Waals surface area (Å²) >= 11 is -7.17. The molecule has 0 unspecified atom stereocenters. The van der Waals surface area contributed by atoms with Crippen LogP contribution in [0.15, 0.2) is 0 Å². The summed E-state index contributed by atoms with van der Waals surface area (Å²) in [6, 6.07) is 0. The van der Waals surface area contributed by atoms with E-state index >= 15 is 0 Å². The fourth-order valence-corrected chi connectivity index (χ4v) is 8.48. The van der Waals surface area contributed by atoms with E-state index in [0.717, 1.165) is 0 Å². The minimum atomic E-state index is -2.61. The van der Waals surface area contributed by atoms with E-state index in [2.05, 4.69) is 8.15 Å². The molecule has 0 aliphatic carbocycles. The van der Waals surface area contributed by atoms with Gasteiger partial charge in [0.25, 0.3) is 0 Å². The molecule has 10 heavy (non-hydrogen) atoms. The van der Waals surface area contributed by atoms with Gasteiger partial charge < -0.3 is 0 Å². The molecule has 0 aliphatic rings. The van der Waals surface area contributed by atoms with Crippen LogP contribution in [-0.2, 0) is 19.4 Å². The standard InChI is InChI=1S/As4O6/c5-1-8-4(9-2-6)10-3-7. The average Bonchev–Trinajstić information content (AvgIpc) is 1.90. The Morgan fingerprint density at radius 1 is 0.800 bits per heavy atom. The molecule has 0 saturated heterocycles. The molecular weight excluding hydrogens is 396 g/mol. The van der Waals surface area contributed by atoms with Crippen molar-refractivity contribution in [3.8, 4) is 0 Å². The molecule has 0 atom stereocenters. The maximum absolute atomic E-state index is 9.85. The molecule has 0 aromatic rings. The molecule has 56 valence electrons. The molecule has 6 nitrogen and oxygen atoms in total. The predicted molar refractivity (Wildman–Crippen MR) is 28.3 cm³/mol. The third-order valence-corrected chi connectivity index (χ3v) is 8.10. The van der Waals surface area contributed by atoms with Crippen molar-refractivity contribution in [2.75, 3.05) is 0 Å². The van der Waals surface area contributed by atoms with Crippen molar-refractivity contribution in [3.05, 3.63) is 0 Å². The summed E-state index contributed by atoms with van der Waals surface area (Å²) in [6.07, 6.45) is 0. The zero-order valence-corrected chi connectivity index (χ0v) is 11.7. The van der Waals surface area contributed by atoms with Crippen molar-refractivity contribution in [2.24, 2.45) is 0 Å². The Hall–Kier alpha value is 1.51. The van der Waals surface area contributed by atoms with E-state index in [1.54, 1.807) is 0 Å². The SMILES string of the molecule is O=[As]O[As](O[As]=O)O[As]=O. The molecule has 0 aromatic heterocycles. The van der Waals surface area contributed by atoms with E-state index in [0.29, 0.717) is 0 Å². The number of rotatable bonds is 6. The summed E-state index contributed by atoms with van der Waals surface area (Å²) in [6.45, 7) is 0. The van der Waals surface area contributed by atoms with Gasteiger partial charge in [-0.1, -0.05) is 0 Å². The van der Waals surface area contributed by atoms with Crippen LogP contribution < -0.4 is 0 Å². The molecule has 0 bridgehead atoms. The zero-order valence-electron chi connectivity index (χ0n) is 4.24. The van der Waals surface area contributed by atoms with Crippen LogP contribution in [-0.4, -0.2) is 63.8 Å². The van der Waals surface area contributed by atoms with Gasteiger partial charge in [-0.3, -0.25) is 0 Å². The van der Waals surface area contributed by atoms with E-state index < -0.39 is 63.8 Å². The van der Waals surface area contributed by atoms with Gasteiger partial charge in [0.15, 0.2) is 0 Å². The molecule has 0 N–H and O–H groups in total. The molecule has 0 saturated carbocycles. The van der Waals surface area contributed by atoms with Gasteiger partial charge in [-0.15, -0.1) is 0 Å². The predicted octanol–water partition coefficient (Wildman–Crippen LogP) is -2.08. The Kier molecular flexibility index (Phi) is 9.91. The Bertz CT molecular complexity index is 97.1. The Morgan fingerprint density at radius 2 is 1.10 bits per heavy atom. The van der Waals surface area contributed by atoms with Crippen molar-refractivity contribution in [1.82, 2.24) is 0 Å². The topological polar surface area (TPSA) is 78.9 Å². The summed E-state index contributed by atoms with van der Waals surface area (Å²) in [5, 5.41) is 0. The second kappa shape index (κ2) is 8.61. The third-order valence-electron chi connectivity index (χ3n) is 0.300. The van der Waals surface area contributed by atoms with Crippen LogP contribution in [0, 0.1) is 0 Å². The summed E-state index contributed by atoms with van der Waals surface area (Å²) in [5.74, 6) is 0. The summed E-state index contributed by atoms with van der Waals surface area (Å²) < 4.78 is 42.8. The number of hydrogen-bond donors (Lipinski definition) is 0. The van der Waals surface area contributed by atoms with Crippen LogP contribution >= 0.6 is 0 Å². The van der Waals surface area contributed by atoms with Gasteiger partial charge in [0.2, 0.25) is 0 Å². The molecule has 0 heterocycles. The number of hydrogen-bond acceptors (Lipinski definition) is 6. The maximum atomic E-state index is 9.85. The Balaban J connectivity index is 3.58. The van der Waals surface area contributed by atoms with Crippen LogP contribution in [0.2, 0.25) is 0 Å². The molecule has 10 heteroatoms. The monoisotopic (exact) mass is 396 g/mol. The first-order chi connectivity index (χ1) is 4.85. The van der Waals surface area contributed by atoms with Crippen molar-refractivity contribution < 1.29 is 19.4 Å². The Morgan fingerprint density at radius 3 is 1.30 bits per heavy atom. The van der Waals surface area contributed by atoms with Gasteiger partial charge in [0.1, 0.15) is 0 Å². The summed E-state index contributed by atoms with van der Waals surface area (Å²) in [5.41, 5.74) is 0. The van der Waals surface area contributed by atoms with Crippen LogP contribution in [0.3, 0.4) is 0 Å². The fourth-order valence-electron chi connectivity index (χ4n) is 0.126. The quantitative estimate of drug-likeness (QED) is 0.480. The van der Waals surface area contributed by atoms with E-state index in [9.17, 15) is 11.2 Å². The molecule has 0 radical (unpaired) electrons. The average molecular weight is 396 g/mol. The van der Waals surface area contributed by atoms with E-state index in [4.69, 9.17) is 0 Å². The fraction of sp³-hybridized carbons (Fsp3) is 0. The van der Waals surface area contributed by atoms with Crippen molar-refractivity contribution in [3.63, 3.8) is 0 Å². The summed E-state index contributed by atoms with van der Waals surface area (Å²) in [4.78, 5) is 0. The van der Waals surface area contributed by atoms with Crippen LogP contribution in [0.4, 0.5) is 0 Å². The normalized spacial score (nSPS) is 14.4.